The zero-order valence-corrected chi connectivity index (χ0v) is 16.8. The lowest BCUT2D eigenvalue weighted by Crippen LogP contribution is -2.28. The smallest absolute Gasteiger partial charge is 0.395 e. The normalized spacial score (nSPS) is 13.8. The van der Waals surface area contributed by atoms with Crippen LogP contribution in [0.2, 0.25) is 0 Å². The molecule has 0 aliphatic carbocycles. The molecule has 0 bridgehead atoms. The standard InChI is InChI=1S/C19H26F3N3OS/c1-18(2,3)13-7-5-12(6-8-13)11-27-17-15(9-14(23)10-26)16(19(20,21)22)24-25(17)4/h5-8,14,26H,9-11,23H2,1-4H3. The highest BCUT2D eigenvalue weighted by Gasteiger charge is 2.39. The summed E-state index contributed by atoms with van der Waals surface area (Å²) in [5, 5.41) is 13.2. The first kappa shape index (κ1) is 21.8. The average molecular weight is 401 g/mol. The second-order valence-electron chi connectivity index (χ2n) is 7.64. The molecular weight excluding hydrogens is 375 g/mol. The van der Waals surface area contributed by atoms with Crippen molar-refractivity contribution in [2.75, 3.05) is 6.61 Å². The van der Waals surface area contributed by atoms with Crippen LogP contribution < -0.4 is 5.73 Å². The van der Waals surface area contributed by atoms with Gasteiger partial charge in [-0.25, -0.2) is 0 Å². The van der Waals surface area contributed by atoms with Gasteiger partial charge in [-0.3, -0.25) is 4.68 Å². The lowest BCUT2D eigenvalue weighted by molar-refractivity contribution is -0.142. The summed E-state index contributed by atoms with van der Waals surface area (Å²) >= 11 is 1.29. The fourth-order valence-electron chi connectivity index (χ4n) is 2.72. The molecule has 1 unspecified atom stereocenters. The Kier molecular flexibility index (Phi) is 6.65. The molecule has 2 rings (SSSR count). The second-order valence-corrected chi connectivity index (χ2v) is 8.60. The number of thioether (sulfide) groups is 1. The number of alkyl halides is 3. The summed E-state index contributed by atoms with van der Waals surface area (Å²) in [7, 11) is 1.49. The average Bonchev–Trinajstić information content (AvgIpc) is 2.88. The summed E-state index contributed by atoms with van der Waals surface area (Å²) in [5.41, 5.74) is 7.07. The minimum Gasteiger partial charge on any atom is -0.395 e. The highest BCUT2D eigenvalue weighted by Crippen LogP contribution is 2.37. The number of aliphatic hydroxyl groups is 1. The molecule has 0 spiro atoms. The summed E-state index contributed by atoms with van der Waals surface area (Å²) < 4.78 is 41.2. The minimum atomic E-state index is -4.56. The van der Waals surface area contributed by atoms with Crippen LogP contribution in [0.3, 0.4) is 0 Å². The molecule has 0 fully saturated rings. The number of aliphatic hydroxyl groups excluding tert-OH is 1. The van der Waals surface area contributed by atoms with E-state index in [0.29, 0.717) is 10.8 Å². The van der Waals surface area contributed by atoms with Gasteiger partial charge in [0.1, 0.15) is 0 Å². The van der Waals surface area contributed by atoms with Gasteiger partial charge in [0, 0.05) is 24.4 Å². The lowest BCUT2D eigenvalue weighted by Gasteiger charge is -2.19. The van der Waals surface area contributed by atoms with E-state index in [0.717, 1.165) is 5.56 Å². The van der Waals surface area contributed by atoms with Gasteiger partial charge in [0.15, 0.2) is 5.69 Å². The van der Waals surface area contributed by atoms with Crippen LogP contribution in [0.5, 0.6) is 0 Å². The molecule has 0 aliphatic rings. The van der Waals surface area contributed by atoms with Gasteiger partial charge >= 0.3 is 6.18 Å². The molecule has 1 aromatic heterocycles. The van der Waals surface area contributed by atoms with E-state index in [1.165, 1.54) is 29.1 Å². The number of aromatic nitrogens is 2. The molecule has 8 heteroatoms. The van der Waals surface area contributed by atoms with Crippen molar-refractivity contribution >= 4 is 11.8 Å². The van der Waals surface area contributed by atoms with Crippen molar-refractivity contribution in [2.45, 2.75) is 55.6 Å². The largest absolute Gasteiger partial charge is 0.435 e. The fraction of sp³-hybridized carbons (Fsp3) is 0.526. The van der Waals surface area contributed by atoms with Gasteiger partial charge < -0.3 is 10.8 Å². The summed E-state index contributed by atoms with van der Waals surface area (Å²) in [6.07, 6.45) is -4.64. The predicted molar refractivity (Wildman–Crippen MR) is 102 cm³/mol. The first-order valence-corrected chi connectivity index (χ1v) is 9.63. The van der Waals surface area contributed by atoms with E-state index in [9.17, 15) is 13.2 Å². The van der Waals surface area contributed by atoms with Crippen LogP contribution >= 0.6 is 11.8 Å². The molecule has 1 atom stereocenters. The first-order valence-electron chi connectivity index (χ1n) is 8.65. The van der Waals surface area contributed by atoms with Crippen LogP contribution in [0.1, 0.15) is 43.2 Å². The van der Waals surface area contributed by atoms with Gasteiger partial charge in [0.05, 0.1) is 11.6 Å². The van der Waals surface area contributed by atoms with Crippen molar-refractivity contribution in [3.63, 3.8) is 0 Å². The van der Waals surface area contributed by atoms with E-state index in [1.807, 2.05) is 24.3 Å². The van der Waals surface area contributed by atoms with Crippen LogP contribution in [0.4, 0.5) is 13.2 Å². The molecular formula is C19H26F3N3OS. The van der Waals surface area contributed by atoms with E-state index < -0.39 is 17.9 Å². The Bertz CT molecular complexity index is 764. The molecule has 1 heterocycles. The highest BCUT2D eigenvalue weighted by atomic mass is 32.2. The molecule has 0 radical (unpaired) electrons. The number of hydrogen-bond donors (Lipinski definition) is 2. The molecule has 3 N–H and O–H groups in total. The summed E-state index contributed by atoms with van der Waals surface area (Å²) in [4.78, 5) is 0. The van der Waals surface area contributed by atoms with Gasteiger partial charge in [0.25, 0.3) is 0 Å². The van der Waals surface area contributed by atoms with Crippen LogP contribution in [0.25, 0.3) is 0 Å². The minimum absolute atomic E-state index is 0.0443. The third-order valence-electron chi connectivity index (χ3n) is 4.25. The van der Waals surface area contributed by atoms with Crippen molar-refractivity contribution in [3.05, 3.63) is 46.6 Å². The number of benzene rings is 1. The fourth-order valence-corrected chi connectivity index (χ4v) is 3.80. The van der Waals surface area contributed by atoms with E-state index in [1.54, 1.807) is 0 Å². The topological polar surface area (TPSA) is 64.1 Å². The van der Waals surface area contributed by atoms with Crippen LogP contribution in [0, 0.1) is 0 Å². The van der Waals surface area contributed by atoms with Crippen LogP contribution in [-0.2, 0) is 30.8 Å². The molecule has 2 aromatic rings. The predicted octanol–water partition coefficient (Wildman–Crippen LogP) is 3.89. The Morgan fingerprint density at radius 2 is 1.78 bits per heavy atom. The van der Waals surface area contributed by atoms with Gasteiger partial charge in [-0.15, -0.1) is 11.8 Å². The maximum atomic E-state index is 13.3. The Labute approximate surface area is 161 Å². The zero-order valence-electron chi connectivity index (χ0n) is 16.0. The molecule has 150 valence electrons. The molecule has 0 aliphatic heterocycles. The number of nitrogens with two attached hydrogens (primary N) is 1. The number of hydrogen-bond acceptors (Lipinski definition) is 4. The van der Waals surface area contributed by atoms with Gasteiger partial charge in [-0.05, 0) is 23.0 Å². The maximum absolute atomic E-state index is 13.3. The SMILES string of the molecule is Cn1nc(C(F)(F)F)c(CC(N)CO)c1SCc1ccc(C(C)(C)C)cc1. The van der Waals surface area contributed by atoms with E-state index in [4.69, 9.17) is 10.8 Å². The Morgan fingerprint density at radius 3 is 2.26 bits per heavy atom. The van der Waals surface area contributed by atoms with Crippen molar-refractivity contribution < 1.29 is 18.3 Å². The Morgan fingerprint density at radius 1 is 1.19 bits per heavy atom. The van der Waals surface area contributed by atoms with Crippen molar-refractivity contribution in [1.29, 1.82) is 0 Å². The summed E-state index contributed by atoms with van der Waals surface area (Å²) in [6.45, 7) is 6.00. The number of rotatable bonds is 6. The second kappa shape index (κ2) is 8.24. The monoisotopic (exact) mass is 401 g/mol. The van der Waals surface area contributed by atoms with E-state index in [-0.39, 0.29) is 24.0 Å². The van der Waals surface area contributed by atoms with Crippen molar-refractivity contribution in [1.82, 2.24) is 9.78 Å². The van der Waals surface area contributed by atoms with Crippen LogP contribution in [0.15, 0.2) is 29.3 Å². The summed E-state index contributed by atoms with van der Waals surface area (Å²) in [5.74, 6) is 0.516. The van der Waals surface area contributed by atoms with E-state index in [2.05, 4.69) is 25.9 Å². The number of nitrogens with zero attached hydrogens (tertiary/aromatic N) is 2. The van der Waals surface area contributed by atoms with Gasteiger partial charge in [0.2, 0.25) is 0 Å². The highest BCUT2D eigenvalue weighted by molar-refractivity contribution is 7.98. The third kappa shape index (κ3) is 5.49. The molecule has 4 nitrogen and oxygen atoms in total. The van der Waals surface area contributed by atoms with Gasteiger partial charge in [-0.1, -0.05) is 45.0 Å². The van der Waals surface area contributed by atoms with Crippen LogP contribution in [-0.4, -0.2) is 27.5 Å². The third-order valence-corrected chi connectivity index (χ3v) is 5.51. The number of aryl methyl sites for hydroxylation is 1. The number of halogens is 3. The molecule has 0 saturated carbocycles. The molecule has 0 saturated heterocycles. The van der Waals surface area contributed by atoms with E-state index >= 15 is 0 Å². The Balaban J connectivity index is 2.26. The molecule has 27 heavy (non-hydrogen) atoms. The lowest BCUT2D eigenvalue weighted by atomic mass is 9.87. The quantitative estimate of drug-likeness (QED) is 0.721. The molecule has 0 amide bonds. The zero-order chi connectivity index (χ0) is 20.4. The van der Waals surface area contributed by atoms with Crippen molar-refractivity contribution in [2.24, 2.45) is 12.8 Å². The maximum Gasteiger partial charge on any atom is 0.435 e. The Hall–Kier alpha value is -1.51. The van der Waals surface area contributed by atoms with Crippen molar-refractivity contribution in [3.8, 4) is 0 Å². The van der Waals surface area contributed by atoms with Gasteiger partial charge in [-0.2, -0.15) is 18.3 Å². The molecule has 1 aromatic carbocycles. The summed E-state index contributed by atoms with van der Waals surface area (Å²) in [6, 6.07) is 7.31. The first-order chi connectivity index (χ1) is 12.4.